The Morgan fingerprint density at radius 1 is 1.32 bits per heavy atom. The highest BCUT2D eigenvalue weighted by atomic mass is 16.7. The summed E-state index contributed by atoms with van der Waals surface area (Å²) in [4.78, 5) is 2.42. The second-order valence-electron chi connectivity index (χ2n) is 6.58. The van der Waals surface area contributed by atoms with E-state index >= 15 is 0 Å². The first-order valence-corrected chi connectivity index (χ1v) is 8.31. The lowest BCUT2D eigenvalue weighted by Gasteiger charge is -2.36. The molecular weight excluding hydrogens is 276 g/mol. The minimum absolute atomic E-state index is 0.0940. The molecular formula is C18H30N2O2. The Morgan fingerprint density at radius 2 is 2.09 bits per heavy atom. The summed E-state index contributed by atoms with van der Waals surface area (Å²) in [6.45, 7) is 6.79. The van der Waals surface area contributed by atoms with E-state index < -0.39 is 0 Å². The normalized spacial score (nSPS) is 20.4. The van der Waals surface area contributed by atoms with Crippen LogP contribution in [0.15, 0.2) is 24.3 Å². The second-order valence-corrected chi connectivity index (χ2v) is 6.58. The smallest absolute Gasteiger partial charge is 0.146 e. The van der Waals surface area contributed by atoms with Gasteiger partial charge in [-0.15, -0.1) is 0 Å². The van der Waals surface area contributed by atoms with E-state index in [0.717, 1.165) is 32.4 Å². The third-order valence-electron chi connectivity index (χ3n) is 4.20. The van der Waals surface area contributed by atoms with Crippen molar-refractivity contribution >= 4 is 5.69 Å². The summed E-state index contributed by atoms with van der Waals surface area (Å²) < 4.78 is 10.8. The van der Waals surface area contributed by atoms with Crippen LogP contribution in [0, 0.1) is 5.92 Å². The topological polar surface area (TPSA) is 47.7 Å². The Morgan fingerprint density at radius 3 is 2.82 bits per heavy atom. The molecule has 1 aliphatic rings. The molecule has 1 aliphatic heterocycles. The fourth-order valence-electron chi connectivity index (χ4n) is 3.18. The van der Waals surface area contributed by atoms with Crippen LogP contribution in [-0.4, -0.2) is 33.1 Å². The number of hydrogen-bond acceptors (Lipinski definition) is 4. The van der Waals surface area contributed by atoms with Gasteiger partial charge in [0.2, 0.25) is 0 Å². The fraction of sp³-hybridized carbons (Fsp3) is 0.667. The zero-order valence-corrected chi connectivity index (χ0v) is 14.1. The fourth-order valence-corrected chi connectivity index (χ4v) is 3.18. The molecule has 2 atom stereocenters. The average molecular weight is 306 g/mol. The second kappa shape index (κ2) is 8.51. The van der Waals surface area contributed by atoms with Gasteiger partial charge in [0.25, 0.3) is 0 Å². The maximum Gasteiger partial charge on any atom is 0.146 e. The summed E-state index contributed by atoms with van der Waals surface area (Å²) in [5, 5.41) is 0. The van der Waals surface area contributed by atoms with Gasteiger partial charge in [-0.3, -0.25) is 0 Å². The van der Waals surface area contributed by atoms with E-state index in [2.05, 4.69) is 43.0 Å². The van der Waals surface area contributed by atoms with E-state index in [1.54, 1.807) is 7.11 Å². The van der Waals surface area contributed by atoms with E-state index in [-0.39, 0.29) is 12.1 Å². The molecule has 1 heterocycles. The van der Waals surface area contributed by atoms with E-state index in [9.17, 15) is 0 Å². The van der Waals surface area contributed by atoms with Crippen LogP contribution in [0.25, 0.3) is 0 Å². The van der Waals surface area contributed by atoms with Crippen LogP contribution < -0.4 is 10.6 Å². The number of hydrogen-bond donors (Lipinski definition) is 1. The number of methoxy groups -OCH3 is 1. The van der Waals surface area contributed by atoms with Crippen molar-refractivity contribution in [3.8, 4) is 0 Å². The number of ether oxygens (including phenoxy) is 2. The lowest BCUT2D eigenvalue weighted by atomic mass is 9.95. The lowest BCUT2D eigenvalue weighted by Crippen LogP contribution is -2.40. The minimum Gasteiger partial charge on any atom is -0.369 e. The predicted molar refractivity (Wildman–Crippen MR) is 91.0 cm³/mol. The first kappa shape index (κ1) is 17.3. The predicted octanol–water partition coefficient (Wildman–Crippen LogP) is 3.32. The quantitative estimate of drug-likeness (QED) is 0.785. The van der Waals surface area contributed by atoms with Gasteiger partial charge < -0.3 is 20.1 Å². The summed E-state index contributed by atoms with van der Waals surface area (Å²) in [7, 11) is 1.67. The molecule has 0 bridgehead atoms. The van der Waals surface area contributed by atoms with E-state index in [4.69, 9.17) is 15.2 Å². The van der Waals surface area contributed by atoms with Crippen molar-refractivity contribution in [1.29, 1.82) is 0 Å². The van der Waals surface area contributed by atoms with Crippen molar-refractivity contribution in [1.82, 2.24) is 0 Å². The summed E-state index contributed by atoms with van der Waals surface area (Å²) >= 11 is 0. The molecule has 1 fully saturated rings. The molecule has 1 aromatic carbocycles. The Hall–Kier alpha value is -1.10. The Balaban J connectivity index is 2.10. The molecule has 0 saturated carbocycles. The van der Waals surface area contributed by atoms with Crippen LogP contribution in [-0.2, 0) is 9.47 Å². The van der Waals surface area contributed by atoms with E-state index in [1.807, 2.05) is 0 Å². The average Bonchev–Trinajstić information content (AvgIpc) is 2.52. The van der Waals surface area contributed by atoms with Crippen molar-refractivity contribution in [2.75, 3.05) is 31.9 Å². The van der Waals surface area contributed by atoms with Crippen LogP contribution in [0.1, 0.15) is 44.7 Å². The van der Waals surface area contributed by atoms with Gasteiger partial charge in [-0.25, -0.2) is 0 Å². The first-order chi connectivity index (χ1) is 10.6. The zero-order valence-electron chi connectivity index (χ0n) is 14.1. The van der Waals surface area contributed by atoms with Crippen LogP contribution in [0.3, 0.4) is 0 Å². The van der Waals surface area contributed by atoms with Gasteiger partial charge >= 0.3 is 0 Å². The molecule has 2 N–H and O–H groups in total. The Kier molecular flexibility index (Phi) is 6.68. The van der Waals surface area contributed by atoms with Crippen LogP contribution in [0.5, 0.6) is 0 Å². The van der Waals surface area contributed by atoms with Crippen molar-refractivity contribution in [3.05, 3.63) is 29.8 Å². The number of para-hydroxylation sites is 1. The van der Waals surface area contributed by atoms with Crippen LogP contribution in [0.4, 0.5) is 5.69 Å². The number of nitrogens with two attached hydrogens (primary N) is 1. The van der Waals surface area contributed by atoms with Crippen molar-refractivity contribution in [2.24, 2.45) is 11.7 Å². The van der Waals surface area contributed by atoms with Crippen LogP contribution in [0.2, 0.25) is 0 Å². The maximum atomic E-state index is 6.44. The van der Waals surface area contributed by atoms with Gasteiger partial charge in [-0.05, 0) is 36.8 Å². The largest absolute Gasteiger partial charge is 0.369 e. The minimum atomic E-state index is 0.0940. The standard InChI is InChI=1S/C18H30N2O2/c1-14(2)11-17(19)16-8-4-5-9-18(16)20-10-6-7-15(12-20)22-13-21-3/h4-5,8-9,14-15,17H,6-7,10-13,19H2,1-3H3. The number of anilines is 1. The van der Waals surface area contributed by atoms with Gasteiger partial charge in [0.15, 0.2) is 0 Å². The van der Waals surface area contributed by atoms with Gasteiger partial charge in [0, 0.05) is 31.9 Å². The molecule has 22 heavy (non-hydrogen) atoms. The number of nitrogens with zero attached hydrogens (tertiary/aromatic N) is 1. The third kappa shape index (κ3) is 4.70. The number of rotatable bonds is 7. The molecule has 1 aromatic rings. The van der Waals surface area contributed by atoms with Crippen molar-refractivity contribution in [2.45, 2.75) is 45.3 Å². The zero-order chi connectivity index (χ0) is 15.9. The molecule has 4 heteroatoms. The summed E-state index contributed by atoms with van der Waals surface area (Å²) in [5.74, 6) is 0.599. The molecule has 0 aliphatic carbocycles. The highest BCUT2D eigenvalue weighted by Crippen LogP contribution is 2.31. The summed E-state index contributed by atoms with van der Waals surface area (Å²) in [5.41, 5.74) is 8.96. The SMILES string of the molecule is COCOC1CCCN(c2ccccc2C(N)CC(C)C)C1. The molecule has 4 nitrogen and oxygen atoms in total. The maximum absolute atomic E-state index is 6.44. The highest BCUT2D eigenvalue weighted by Gasteiger charge is 2.23. The summed E-state index contributed by atoms with van der Waals surface area (Å²) in [6.07, 6.45) is 3.49. The van der Waals surface area contributed by atoms with Crippen molar-refractivity contribution in [3.63, 3.8) is 0 Å². The van der Waals surface area contributed by atoms with Gasteiger partial charge in [-0.1, -0.05) is 32.0 Å². The van der Waals surface area contributed by atoms with Crippen LogP contribution >= 0.6 is 0 Å². The third-order valence-corrected chi connectivity index (χ3v) is 4.20. The Bertz CT molecular complexity index is 450. The monoisotopic (exact) mass is 306 g/mol. The molecule has 0 spiro atoms. The number of benzene rings is 1. The van der Waals surface area contributed by atoms with E-state index in [0.29, 0.717) is 12.7 Å². The molecule has 2 rings (SSSR count). The van der Waals surface area contributed by atoms with Gasteiger partial charge in [0.05, 0.1) is 6.10 Å². The molecule has 0 amide bonds. The molecule has 0 radical (unpaired) electrons. The summed E-state index contributed by atoms with van der Waals surface area (Å²) in [6, 6.07) is 8.63. The van der Waals surface area contributed by atoms with Crippen molar-refractivity contribution < 1.29 is 9.47 Å². The first-order valence-electron chi connectivity index (χ1n) is 8.31. The number of piperidine rings is 1. The lowest BCUT2D eigenvalue weighted by molar-refractivity contribution is -0.0744. The molecule has 2 unspecified atom stereocenters. The molecule has 124 valence electrons. The molecule has 0 aromatic heterocycles. The Labute approximate surface area is 134 Å². The molecule has 1 saturated heterocycles. The van der Waals surface area contributed by atoms with Gasteiger partial charge in [0.1, 0.15) is 6.79 Å². The van der Waals surface area contributed by atoms with Gasteiger partial charge in [-0.2, -0.15) is 0 Å². The highest BCUT2D eigenvalue weighted by molar-refractivity contribution is 5.55. The van der Waals surface area contributed by atoms with E-state index in [1.165, 1.54) is 11.3 Å².